The van der Waals surface area contributed by atoms with Gasteiger partial charge in [-0.15, -0.1) is 11.8 Å². The fourth-order valence-corrected chi connectivity index (χ4v) is 1.80. The Morgan fingerprint density at radius 3 is 2.43 bits per heavy atom. The van der Waals surface area contributed by atoms with Crippen molar-refractivity contribution in [3.8, 4) is 0 Å². The molecular formula is C12H17NS. The Hall–Kier alpha value is -0.760. The number of rotatable bonds is 3. The Balaban J connectivity index is 2.49. The Morgan fingerprint density at radius 1 is 1.29 bits per heavy atom. The number of benzene rings is 1. The predicted molar refractivity (Wildman–Crippen MR) is 66.4 cm³/mol. The van der Waals surface area contributed by atoms with Crippen LogP contribution in [0.25, 0.3) is 0 Å². The van der Waals surface area contributed by atoms with E-state index in [9.17, 15) is 0 Å². The van der Waals surface area contributed by atoms with Crippen molar-refractivity contribution in [2.75, 3.05) is 13.3 Å². The predicted octanol–water partition coefficient (Wildman–Crippen LogP) is 3.32. The summed E-state index contributed by atoms with van der Waals surface area (Å²) in [5, 5.41) is 1.23. The van der Waals surface area contributed by atoms with Gasteiger partial charge in [0.25, 0.3) is 0 Å². The van der Waals surface area contributed by atoms with E-state index in [-0.39, 0.29) is 0 Å². The number of hydrogen-bond acceptors (Lipinski definition) is 2. The molecule has 0 amide bonds. The Bertz CT molecular complexity index is 301. The lowest BCUT2D eigenvalue weighted by Crippen LogP contribution is -1.95. The first-order valence-electron chi connectivity index (χ1n) is 4.81. The lowest BCUT2D eigenvalue weighted by molar-refractivity contribution is 1.04. The summed E-state index contributed by atoms with van der Waals surface area (Å²) in [6, 6.07) is 8.72. The quantitative estimate of drug-likeness (QED) is 0.547. The van der Waals surface area contributed by atoms with Crippen molar-refractivity contribution >= 4 is 16.8 Å². The zero-order chi connectivity index (χ0) is 10.4. The van der Waals surface area contributed by atoms with Gasteiger partial charge in [0, 0.05) is 7.05 Å². The molecular weight excluding hydrogens is 190 g/mol. The lowest BCUT2D eigenvalue weighted by Gasteiger charge is -2.03. The summed E-state index contributed by atoms with van der Waals surface area (Å²) in [5.74, 6) is 0. The minimum absolute atomic E-state index is 1.06. The topological polar surface area (TPSA) is 12.4 Å². The van der Waals surface area contributed by atoms with Crippen LogP contribution in [0.15, 0.2) is 29.3 Å². The number of nitrogens with zero attached hydrogens (tertiary/aromatic N) is 1. The second-order valence-corrected chi connectivity index (χ2v) is 4.19. The molecule has 0 aromatic heterocycles. The van der Waals surface area contributed by atoms with E-state index in [0.29, 0.717) is 0 Å². The van der Waals surface area contributed by atoms with Crippen LogP contribution < -0.4 is 0 Å². The highest BCUT2D eigenvalue weighted by molar-refractivity contribution is 8.13. The maximum Gasteiger partial charge on any atom is 0.0673 e. The van der Waals surface area contributed by atoms with Crippen molar-refractivity contribution in [3.05, 3.63) is 35.4 Å². The molecule has 1 aromatic rings. The summed E-state index contributed by atoms with van der Waals surface area (Å²) >= 11 is 1.74. The van der Waals surface area contributed by atoms with Gasteiger partial charge in [-0.1, -0.05) is 29.8 Å². The van der Waals surface area contributed by atoms with Crippen molar-refractivity contribution in [2.24, 2.45) is 4.99 Å². The smallest absolute Gasteiger partial charge is 0.0673 e. The summed E-state index contributed by atoms with van der Waals surface area (Å²) in [6.45, 7) is 2.12. The zero-order valence-electron chi connectivity index (χ0n) is 9.08. The summed E-state index contributed by atoms with van der Waals surface area (Å²) in [7, 11) is 1.86. The number of hydrogen-bond donors (Lipinski definition) is 0. The van der Waals surface area contributed by atoms with E-state index in [1.54, 1.807) is 11.8 Å². The Kier molecular flexibility index (Phi) is 4.74. The van der Waals surface area contributed by atoms with E-state index in [0.717, 1.165) is 12.8 Å². The van der Waals surface area contributed by atoms with Gasteiger partial charge in [0.05, 0.1) is 5.04 Å². The molecule has 0 atom stereocenters. The minimum Gasteiger partial charge on any atom is -0.286 e. The van der Waals surface area contributed by atoms with E-state index in [1.165, 1.54) is 16.2 Å². The summed E-state index contributed by atoms with van der Waals surface area (Å²) in [4.78, 5) is 4.22. The van der Waals surface area contributed by atoms with Crippen molar-refractivity contribution in [1.82, 2.24) is 0 Å². The molecule has 0 saturated carbocycles. The largest absolute Gasteiger partial charge is 0.286 e. The number of thioether (sulfide) groups is 1. The molecule has 1 nitrogen and oxygen atoms in total. The highest BCUT2D eigenvalue weighted by Crippen LogP contribution is 2.10. The normalized spacial score (nSPS) is 11.8. The maximum atomic E-state index is 4.22. The van der Waals surface area contributed by atoms with Gasteiger partial charge in [-0.05, 0) is 31.6 Å². The van der Waals surface area contributed by atoms with Gasteiger partial charge >= 0.3 is 0 Å². The van der Waals surface area contributed by atoms with E-state index < -0.39 is 0 Å². The van der Waals surface area contributed by atoms with Crippen molar-refractivity contribution in [2.45, 2.75) is 19.8 Å². The first-order valence-corrected chi connectivity index (χ1v) is 6.04. The molecule has 0 radical (unpaired) electrons. The average Bonchev–Trinajstić information content (AvgIpc) is 2.22. The van der Waals surface area contributed by atoms with Crippen LogP contribution >= 0.6 is 11.8 Å². The molecule has 1 aromatic carbocycles. The van der Waals surface area contributed by atoms with Gasteiger partial charge in [-0.25, -0.2) is 0 Å². The van der Waals surface area contributed by atoms with E-state index in [1.807, 2.05) is 7.05 Å². The highest BCUT2D eigenvalue weighted by Gasteiger charge is 1.97. The second kappa shape index (κ2) is 5.86. The first-order chi connectivity index (χ1) is 6.76. The van der Waals surface area contributed by atoms with Crippen LogP contribution in [0.4, 0.5) is 0 Å². The van der Waals surface area contributed by atoms with Gasteiger partial charge in [-0.2, -0.15) is 0 Å². The van der Waals surface area contributed by atoms with Gasteiger partial charge in [0.15, 0.2) is 0 Å². The zero-order valence-corrected chi connectivity index (χ0v) is 9.90. The van der Waals surface area contributed by atoms with E-state index in [4.69, 9.17) is 0 Å². The molecule has 0 heterocycles. The summed E-state index contributed by atoms with van der Waals surface area (Å²) in [6.07, 6.45) is 4.23. The summed E-state index contributed by atoms with van der Waals surface area (Å²) in [5.41, 5.74) is 2.72. The monoisotopic (exact) mass is 207 g/mol. The second-order valence-electron chi connectivity index (χ2n) is 3.31. The summed E-state index contributed by atoms with van der Waals surface area (Å²) < 4.78 is 0. The molecule has 0 fully saturated rings. The van der Waals surface area contributed by atoms with Crippen LogP contribution in [0.2, 0.25) is 0 Å². The van der Waals surface area contributed by atoms with Crippen molar-refractivity contribution < 1.29 is 0 Å². The number of aryl methyl sites for hydroxylation is 2. The third-order valence-electron chi connectivity index (χ3n) is 2.23. The van der Waals surface area contributed by atoms with Gasteiger partial charge < -0.3 is 0 Å². The Morgan fingerprint density at radius 2 is 1.93 bits per heavy atom. The third kappa shape index (κ3) is 3.54. The average molecular weight is 207 g/mol. The fourth-order valence-electron chi connectivity index (χ4n) is 1.31. The van der Waals surface area contributed by atoms with Crippen molar-refractivity contribution in [1.29, 1.82) is 0 Å². The highest BCUT2D eigenvalue weighted by atomic mass is 32.2. The van der Waals surface area contributed by atoms with Crippen LogP contribution in [0, 0.1) is 6.92 Å². The molecule has 1 rings (SSSR count). The van der Waals surface area contributed by atoms with E-state index in [2.05, 4.69) is 42.4 Å². The maximum absolute atomic E-state index is 4.22. The SMILES string of the molecule is CN=C(CCc1ccc(C)cc1)SC. The van der Waals surface area contributed by atoms with Crippen LogP contribution in [0.1, 0.15) is 17.5 Å². The van der Waals surface area contributed by atoms with Crippen LogP contribution in [-0.2, 0) is 6.42 Å². The van der Waals surface area contributed by atoms with Crippen LogP contribution in [-0.4, -0.2) is 18.3 Å². The molecule has 0 saturated heterocycles. The van der Waals surface area contributed by atoms with Gasteiger partial charge in [0.1, 0.15) is 0 Å². The molecule has 0 aliphatic carbocycles. The molecule has 0 aliphatic rings. The van der Waals surface area contributed by atoms with Crippen LogP contribution in [0.3, 0.4) is 0 Å². The standard InChI is InChI=1S/C12H17NS/c1-10-4-6-11(7-5-10)8-9-12(13-2)14-3/h4-7H,8-9H2,1-3H3. The molecule has 14 heavy (non-hydrogen) atoms. The molecule has 0 N–H and O–H groups in total. The first kappa shape index (κ1) is 11.3. The molecule has 0 spiro atoms. The molecule has 0 aliphatic heterocycles. The molecule has 2 heteroatoms. The third-order valence-corrected chi connectivity index (χ3v) is 3.09. The van der Waals surface area contributed by atoms with Crippen molar-refractivity contribution in [3.63, 3.8) is 0 Å². The van der Waals surface area contributed by atoms with Gasteiger partial charge in [-0.3, -0.25) is 4.99 Å². The molecule has 0 unspecified atom stereocenters. The molecule has 76 valence electrons. The number of aliphatic imine (C=N–C) groups is 1. The van der Waals surface area contributed by atoms with Crippen LogP contribution in [0.5, 0.6) is 0 Å². The van der Waals surface area contributed by atoms with Gasteiger partial charge in [0.2, 0.25) is 0 Å². The minimum atomic E-state index is 1.06. The molecule has 0 bridgehead atoms. The Labute approximate surface area is 90.6 Å². The lowest BCUT2D eigenvalue weighted by atomic mass is 10.1. The van der Waals surface area contributed by atoms with E-state index >= 15 is 0 Å². The fraction of sp³-hybridized carbons (Fsp3) is 0.417.